The van der Waals surface area contributed by atoms with Crippen molar-refractivity contribution in [3.05, 3.63) is 58.1 Å². The molecular formula is C25H23Cl2F2N3O3. The van der Waals surface area contributed by atoms with E-state index in [4.69, 9.17) is 27.9 Å². The van der Waals surface area contributed by atoms with Gasteiger partial charge in [0, 0.05) is 48.9 Å². The predicted molar refractivity (Wildman–Crippen MR) is 127 cm³/mol. The van der Waals surface area contributed by atoms with Gasteiger partial charge in [0.1, 0.15) is 17.4 Å². The second kappa shape index (κ2) is 7.71. The fraction of sp³-hybridized carbons (Fsp3) is 0.440. The van der Waals surface area contributed by atoms with Crippen LogP contribution in [0.5, 0.6) is 5.75 Å². The first-order valence-electron chi connectivity index (χ1n) is 11.5. The Labute approximate surface area is 211 Å². The van der Waals surface area contributed by atoms with Crippen LogP contribution in [0, 0.1) is 22.5 Å². The third-order valence-corrected chi connectivity index (χ3v) is 8.42. The molecule has 3 saturated carbocycles. The molecule has 5 aliphatic rings. The Morgan fingerprint density at radius 1 is 0.943 bits per heavy atom. The standard InChI is InChI=1S/C25H23Cl2F2N3O3/c26-17-3-1-15(5-19(17)28)31-11-23(12-31)13-32(14-23)22(34)24-8-25(9-24,10-24)30-21(33)7-35-16-2-4-18(27)20(29)6-16/h1-6H,7-14H2,(H,30,33). The van der Waals surface area contributed by atoms with Crippen LogP contribution in [0.25, 0.3) is 0 Å². The number of ether oxygens (including phenoxy) is 1. The summed E-state index contributed by atoms with van der Waals surface area (Å²) in [5, 5.41) is 3.08. The minimum atomic E-state index is -0.606. The van der Waals surface area contributed by atoms with Crippen LogP contribution in [0.1, 0.15) is 19.3 Å². The zero-order valence-corrected chi connectivity index (χ0v) is 20.3. The van der Waals surface area contributed by atoms with E-state index in [1.807, 2.05) is 11.0 Å². The van der Waals surface area contributed by atoms with Crippen LogP contribution in [0.3, 0.4) is 0 Å². The van der Waals surface area contributed by atoms with E-state index in [0.717, 1.165) is 24.8 Å². The number of carbonyl (C=O) groups excluding carboxylic acids is 2. The third-order valence-electron chi connectivity index (χ3n) is 7.81. The van der Waals surface area contributed by atoms with E-state index in [2.05, 4.69) is 10.2 Å². The van der Waals surface area contributed by atoms with Gasteiger partial charge in [-0.15, -0.1) is 0 Å². The highest BCUT2D eigenvalue weighted by atomic mass is 35.5. The van der Waals surface area contributed by atoms with Crippen molar-refractivity contribution in [1.82, 2.24) is 10.2 Å². The average molecular weight is 522 g/mol. The maximum absolute atomic E-state index is 13.7. The van der Waals surface area contributed by atoms with Crippen molar-refractivity contribution in [3.8, 4) is 5.75 Å². The van der Waals surface area contributed by atoms with Crippen molar-refractivity contribution in [3.63, 3.8) is 0 Å². The summed E-state index contributed by atoms with van der Waals surface area (Å²) in [4.78, 5) is 29.4. The van der Waals surface area contributed by atoms with Crippen LogP contribution < -0.4 is 15.0 Å². The average Bonchev–Trinajstić information content (AvgIpc) is 2.70. The molecule has 3 aliphatic carbocycles. The summed E-state index contributed by atoms with van der Waals surface area (Å²) in [6.45, 7) is 2.78. The lowest BCUT2D eigenvalue weighted by molar-refractivity contribution is -0.203. The van der Waals surface area contributed by atoms with Gasteiger partial charge < -0.3 is 19.9 Å². The molecule has 2 heterocycles. The van der Waals surface area contributed by atoms with E-state index in [-0.39, 0.29) is 50.6 Å². The maximum Gasteiger partial charge on any atom is 0.258 e. The molecule has 7 rings (SSSR count). The molecule has 5 fully saturated rings. The summed E-state index contributed by atoms with van der Waals surface area (Å²) in [5.41, 5.74) is 0.192. The number of hydrogen-bond donors (Lipinski definition) is 1. The lowest BCUT2D eigenvalue weighted by atomic mass is 9.38. The Morgan fingerprint density at radius 3 is 2.20 bits per heavy atom. The number of nitrogens with one attached hydrogen (secondary N) is 1. The smallest absolute Gasteiger partial charge is 0.258 e. The fourth-order valence-corrected chi connectivity index (χ4v) is 6.50. The first-order chi connectivity index (χ1) is 16.6. The second-order valence-corrected chi connectivity index (χ2v) is 11.4. The van der Waals surface area contributed by atoms with Gasteiger partial charge in [-0.25, -0.2) is 8.78 Å². The van der Waals surface area contributed by atoms with Crippen LogP contribution in [0.4, 0.5) is 14.5 Å². The molecule has 2 aromatic rings. The number of amides is 2. The molecule has 2 aromatic carbocycles. The topological polar surface area (TPSA) is 61.9 Å². The van der Waals surface area contributed by atoms with Crippen molar-refractivity contribution in [2.24, 2.45) is 10.8 Å². The fourth-order valence-electron chi connectivity index (χ4n) is 6.26. The summed E-state index contributed by atoms with van der Waals surface area (Å²) in [6, 6.07) is 8.84. The zero-order chi connectivity index (χ0) is 24.6. The Kier molecular flexibility index (Phi) is 5.03. The summed E-state index contributed by atoms with van der Waals surface area (Å²) in [5.74, 6) is -0.926. The molecule has 1 spiro atoms. The van der Waals surface area contributed by atoms with Gasteiger partial charge in [0.25, 0.3) is 5.91 Å². The van der Waals surface area contributed by atoms with Gasteiger partial charge in [-0.05, 0) is 49.6 Å². The summed E-state index contributed by atoms with van der Waals surface area (Å²) in [6.07, 6.45) is 1.92. The molecule has 0 unspecified atom stereocenters. The summed E-state index contributed by atoms with van der Waals surface area (Å²) >= 11 is 11.4. The van der Waals surface area contributed by atoms with Gasteiger partial charge in [-0.3, -0.25) is 9.59 Å². The van der Waals surface area contributed by atoms with E-state index in [0.29, 0.717) is 32.4 Å². The quantitative estimate of drug-likeness (QED) is 0.623. The van der Waals surface area contributed by atoms with Crippen LogP contribution >= 0.6 is 23.2 Å². The van der Waals surface area contributed by atoms with Gasteiger partial charge >= 0.3 is 0 Å². The number of nitrogens with zero attached hydrogens (tertiary/aromatic N) is 2. The molecule has 2 saturated heterocycles. The zero-order valence-electron chi connectivity index (χ0n) is 18.8. The molecular weight excluding hydrogens is 499 g/mol. The van der Waals surface area contributed by atoms with E-state index < -0.39 is 11.6 Å². The van der Waals surface area contributed by atoms with E-state index in [1.165, 1.54) is 18.2 Å². The number of rotatable bonds is 6. The first kappa shape index (κ1) is 22.9. The van der Waals surface area contributed by atoms with Crippen molar-refractivity contribution in [2.75, 3.05) is 37.7 Å². The molecule has 2 aliphatic heterocycles. The predicted octanol–water partition coefficient (Wildman–Crippen LogP) is 4.04. The Balaban J connectivity index is 0.945. The minimum Gasteiger partial charge on any atom is -0.484 e. The van der Waals surface area contributed by atoms with Crippen LogP contribution in [0.15, 0.2) is 36.4 Å². The van der Waals surface area contributed by atoms with Gasteiger partial charge in [-0.2, -0.15) is 0 Å². The molecule has 0 atom stereocenters. The van der Waals surface area contributed by atoms with Gasteiger partial charge in [0.15, 0.2) is 6.61 Å². The van der Waals surface area contributed by atoms with Crippen molar-refractivity contribution in [1.29, 1.82) is 0 Å². The first-order valence-corrected chi connectivity index (χ1v) is 12.2. The minimum absolute atomic E-state index is 0.00895. The Bertz CT molecular complexity index is 1220. The molecule has 0 aromatic heterocycles. The second-order valence-electron chi connectivity index (χ2n) is 10.6. The largest absolute Gasteiger partial charge is 0.484 e. The van der Waals surface area contributed by atoms with Gasteiger partial charge in [0.2, 0.25) is 5.91 Å². The van der Waals surface area contributed by atoms with Crippen molar-refractivity contribution < 1.29 is 23.1 Å². The van der Waals surface area contributed by atoms with Crippen molar-refractivity contribution in [2.45, 2.75) is 24.8 Å². The molecule has 6 nitrogen and oxygen atoms in total. The highest BCUT2D eigenvalue weighted by Gasteiger charge is 2.73. The Morgan fingerprint density at radius 2 is 1.57 bits per heavy atom. The number of likely N-dealkylation sites (tertiary alicyclic amines) is 1. The normalized spacial score (nSPS) is 27.3. The van der Waals surface area contributed by atoms with Crippen LogP contribution in [0.2, 0.25) is 10.0 Å². The molecule has 1 N–H and O–H groups in total. The number of carbonyl (C=O) groups is 2. The number of halogens is 4. The molecule has 2 bridgehead atoms. The number of benzene rings is 2. The lowest BCUT2D eigenvalue weighted by Crippen LogP contribution is -2.81. The maximum atomic E-state index is 13.7. The van der Waals surface area contributed by atoms with E-state index in [9.17, 15) is 18.4 Å². The highest BCUT2D eigenvalue weighted by molar-refractivity contribution is 6.31. The van der Waals surface area contributed by atoms with E-state index >= 15 is 0 Å². The monoisotopic (exact) mass is 521 g/mol. The molecule has 184 valence electrons. The molecule has 2 amide bonds. The van der Waals surface area contributed by atoms with Crippen LogP contribution in [-0.2, 0) is 9.59 Å². The summed E-state index contributed by atoms with van der Waals surface area (Å²) < 4.78 is 32.6. The highest BCUT2D eigenvalue weighted by Crippen LogP contribution is 2.68. The lowest BCUT2D eigenvalue weighted by Gasteiger charge is -2.71. The van der Waals surface area contributed by atoms with Gasteiger partial charge in [0.05, 0.1) is 15.5 Å². The van der Waals surface area contributed by atoms with Crippen LogP contribution in [-0.4, -0.2) is 55.0 Å². The molecule has 35 heavy (non-hydrogen) atoms. The van der Waals surface area contributed by atoms with E-state index in [1.54, 1.807) is 6.07 Å². The number of anilines is 1. The summed E-state index contributed by atoms with van der Waals surface area (Å²) in [7, 11) is 0. The van der Waals surface area contributed by atoms with Gasteiger partial charge in [-0.1, -0.05) is 23.2 Å². The number of hydrogen-bond acceptors (Lipinski definition) is 4. The molecule has 0 radical (unpaired) electrons. The molecule has 10 heteroatoms. The Hall–Kier alpha value is -2.58. The van der Waals surface area contributed by atoms with Crippen molar-refractivity contribution >= 4 is 40.7 Å². The SMILES string of the molecule is O=C(COc1ccc(Cl)c(F)c1)NC12CC(C(=O)N3CC4(C3)CN(c3ccc(Cl)c(F)c3)C4)(C1)C2. The third kappa shape index (κ3) is 3.73.